The first-order chi connectivity index (χ1) is 8.54. The van der Waals surface area contributed by atoms with E-state index in [-0.39, 0.29) is 28.8 Å². The van der Waals surface area contributed by atoms with Crippen molar-refractivity contribution in [2.75, 3.05) is 0 Å². The van der Waals surface area contributed by atoms with Crippen LogP contribution in [0.15, 0.2) is 12.4 Å². The Labute approximate surface area is 108 Å². The zero-order chi connectivity index (χ0) is 13.1. The monoisotopic (exact) mass is 270 g/mol. The molecule has 0 bridgehead atoms. The van der Waals surface area contributed by atoms with Gasteiger partial charge in [0.2, 0.25) is 0 Å². The van der Waals surface area contributed by atoms with Crippen molar-refractivity contribution in [3.63, 3.8) is 0 Å². The number of amides is 2. The average molecular weight is 271 g/mol. The predicted molar refractivity (Wildman–Crippen MR) is 62.5 cm³/mol. The fourth-order valence-corrected chi connectivity index (χ4v) is 1.89. The number of nitrogens with zero attached hydrogens (tertiary/aromatic N) is 2. The lowest BCUT2D eigenvalue weighted by atomic mass is 9.87. The Morgan fingerprint density at radius 1 is 1.28 bits per heavy atom. The summed E-state index contributed by atoms with van der Waals surface area (Å²) in [5.41, 5.74) is 0.150. The van der Waals surface area contributed by atoms with Crippen LogP contribution in [0.4, 0.5) is 4.79 Å². The highest BCUT2D eigenvalue weighted by Gasteiger charge is 2.31. The van der Waals surface area contributed by atoms with Gasteiger partial charge in [-0.15, -0.1) is 0 Å². The fraction of sp³-hybridized carbons (Fsp3) is 0.400. The maximum atomic E-state index is 11.7. The van der Waals surface area contributed by atoms with E-state index < -0.39 is 6.09 Å². The van der Waals surface area contributed by atoms with Crippen LogP contribution in [-0.2, 0) is 0 Å². The van der Waals surface area contributed by atoms with E-state index in [2.05, 4.69) is 20.6 Å². The van der Waals surface area contributed by atoms with Crippen molar-refractivity contribution in [2.24, 2.45) is 0 Å². The smallest absolute Gasteiger partial charge is 0.404 e. The minimum absolute atomic E-state index is 0.0462. The average Bonchev–Trinajstić information content (AvgIpc) is 2.25. The Balaban J connectivity index is 1.82. The Morgan fingerprint density at radius 2 is 1.94 bits per heavy atom. The molecule has 1 aromatic rings. The molecular formula is C10H11ClN4O3. The maximum absolute atomic E-state index is 11.7. The summed E-state index contributed by atoms with van der Waals surface area (Å²) in [6.45, 7) is 0. The minimum atomic E-state index is -1.05. The lowest BCUT2D eigenvalue weighted by Crippen LogP contribution is -2.53. The molecule has 0 spiro atoms. The molecule has 2 amide bonds. The number of halogens is 1. The van der Waals surface area contributed by atoms with Crippen LogP contribution in [0.1, 0.15) is 23.3 Å². The van der Waals surface area contributed by atoms with E-state index >= 15 is 0 Å². The highest BCUT2D eigenvalue weighted by molar-refractivity contribution is 6.29. The molecule has 0 unspecified atom stereocenters. The minimum Gasteiger partial charge on any atom is -0.465 e. The van der Waals surface area contributed by atoms with Crippen molar-refractivity contribution in [3.05, 3.63) is 23.2 Å². The van der Waals surface area contributed by atoms with E-state index in [0.29, 0.717) is 12.8 Å². The van der Waals surface area contributed by atoms with Gasteiger partial charge in [0, 0.05) is 12.1 Å². The first-order valence-electron chi connectivity index (χ1n) is 5.32. The van der Waals surface area contributed by atoms with E-state index in [4.69, 9.17) is 16.7 Å². The molecule has 7 nitrogen and oxygen atoms in total. The predicted octanol–water partition coefficient (Wildman–Crippen LogP) is 0.658. The quantitative estimate of drug-likeness (QED) is 0.748. The SMILES string of the molecule is O=C(O)NC1CC(NC(=O)c2cncc(Cl)n2)C1. The van der Waals surface area contributed by atoms with Gasteiger partial charge in [0.1, 0.15) is 10.8 Å². The number of aromatic nitrogens is 2. The van der Waals surface area contributed by atoms with Gasteiger partial charge in [-0.3, -0.25) is 9.78 Å². The molecule has 1 aliphatic rings. The third-order valence-electron chi connectivity index (χ3n) is 2.64. The van der Waals surface area contributed by atoms with E-state index in [1.54, 1.807) is 0 Å². The van der Waals surface area contributed by atoms with Crippen molar-refractivity contribution in [1.29, 1.82) is 0 Å². The Bertz CT molecular complexity index is 476. The molecule has 1 aliphatic carbocycles. The van der Waals surface area contributed by atoms with Gasteiger partial charge in [0.25, 0.3) is 5.91 Å². The van der Waals surface area contributed by atoms with Gasteiger partial charge in [-0.25, -0.2) is 9.78 Å². The summed E-state index contributed by atoms with van der Waals surface area (Å²) in [5.74, 6) is -0.358. The Hall–Kier alpha value is -1.89. The van der Waals surface area contributed by atoms with Gasteiger partial charge in [-0.1, -0.05) is 11.6 Å². The van der Waals surface area contributed by atoms with Crippen LogP contribution < -0.4 is 10.6 Å². The number of hydrogen-bond acceptors (Lipinski definition) is 4. The van der Waals surface area contributed by atoms with Crippen LogP contribution >= 0.6 is 11.6 Å². The molecule has 8 heteroatoms. The molecule has 3 N–H and O–H groups in total. The van der Waals surface area contributed by atoms with Crippen LogP contribution in [0.5, 0.6) is 0 Å². The number of carbonyl (C=O) groups excluding carboxylic acids is 1. The third kappa shape index (κ3) is 3.07. The van der Waals surface area contributed by atoms with E-state index in [9.17, 15) is 9.59 Å². The first-order valence-corrected chi connectivity index (χ1v) is 5.70. The topological polar surface area (TPSA) is 104 Å². The zero-order valence-corrected chi connectivity index (χ0v) is 10.0. The number of nitrogens with one attached hydrogen (secondary N) is 2. The van der Waals surface area contributed by atoms with Gasteiger partial charge in [-0.2, -0.15) is 0 Å². The second kappa shape index (κ2) is 5.18. The molecular weight excluding hydrogens is 260 g/mol. The normalized spacial score (nSPS) is 21.8. The summed E-state index contributed by atoms with van der Waals surface area (Å²) >= 11 is 5.62. The number of carboxylic acid groups (broad SMARTS) is 1. The van der Waals surface area contributed by atoms with Gasteiger partial charge in [-0.05, 0) is 12.8 Å². The van der Waals surface area contributed by atoms with Gasteiger partial charge in [0.15, 0.2) is 0 Å². The number of hydrogen-bond donors (Lipinski definition) is 3. The lowest BCUT2D eigenvalue weighted by Gasteiger charge is -2.35. The maximum Gasteiger partial charge on any atom is 0.404 e. The summed E-state index contributed by atoms with van der Waals surface area (Å²) in [4.78, 5) is 29.7. The zero-order valence-electron chi connectivity index (χ0n) is 9.26. The van der Waals surface area contributed by atoms with Crippen LogP contribution in [0.3, 0.4) is 0 Å². The number of rotatable bonds is 3. The Kier molecular flexibility index (Phi) is 3.61. The molecule has 1 fully saturated rings. The van der Waals surface area contributed by atoms with Gasteiger partial charge >= 0.3 is 6.09 Å². The van der Waals surface area contributed by atoms with E-state index in [0.717, 1.165) is 0 Å². The number of carbonyl (C=O) groups is 2. The molecule has 0 aromatic carbocycles. The lowest BCUT2D eigenvalue weighted by molar-refractivity contribution is 0.0897. The highest BCUT2D eigenvalue weighted by Crippen LogP contribution is 2.20. The second-order valence-electron chi connectivity index (χ2n) is 4.02. The van der Waals surface area contributed by atoms with Gasteiger partial charge in [0.05, 0.1) is 12.4 Å². The van der Waals surface area contributed by atoms with Crippen molar-refractivity contribution >= 4 is 23.6 Å². The summed E-state index contributed by atoms with van der Waals surface area (Å²) in [6, 6.07) is -0.145. The summed E-state index contributed by atoms with van der Waals surface area (Å²) in [5, 5.41) is 13.7. The summed E-state index contributed by atoms with van der Waals surface area (Å²) in [7, 11) is 0. The van der Waals surface area contributed by atoms with Gasteiger partial charge < -0.3 is 15.7 Å². The van der Waals surface area contributed by atoms with Crippen molar-refractivity contribution in [3.8, 4) is 0 Å². The Morgan fingerprint density at radius 3 is 2.56 bits per heavy atom. The van der Waals surface area contributed by atoms with Crippen LogP contribution in [-0.4, -0.2) is 39.2 Å². The third-order valence-corrected chi connectivity index (χ3v) is 2.82. The molecule has 0 atom stereocenters. The second-order valence-corrected chi connectivity index (χ2v) is 4.40. The molecule has 0 radical (unpaired) electrons. The van der Waals surface area contributed by atoms with Crippen molar-refractivity contribution < 1.29 is 14.7 Å². The van der Waals surface area contributed by atoms with Crippen LogP contribution in [0.25, 0.3) is 0 Å². The molecule has 18 heavy (non-hydrogen) atoms. The van der Waals surface area contributed by atoms with E-state index in [1.165, 1.54) is 12.4 Å². The molecule has 1 heterocycles. The van der Waals surface area contributed by atoms with Crippen LogP contribution in [0, 0.1) is 0 Å². The molecule has 0 aliphatic heterocycles. The first kappa shape index (κ1) is 12.6. The van der Waals surface area contributed by atoms with Crippen LogP contribution in [0.2, 0.25) is 5.15 Å². The summed E-state index contributed by atoms with van der Waals surface area (Å²) in [6.07, 6.45) is 2.77. The highest BCUT2D eigenvalue weighted by atomic mass is 35.5. The fourth-order valence-electron chi connectivity index (χ4n) is 1.74. The van der Waals surface area contributed by atoms with E-state index in [1.807, 2.05) is 0 Å². The standard InChI is InChI=1S/C10H11ClN4O3/c11-8-4-12-3-7(15-8)9(16)13-5-1-6(2-5)14-10(17)18/h3-6,14H,1-2H2,(H,13,16)(H,17,18). The largest absolute Gasteiger partial charge is 0.465 e. The summed E-state index contributed by atoms with van der Waals surface area (Å²) < 4.78 is 0. The van der Waals surface area contributed by atoms with Crippen molar-refractivity contribution in [2.45, 2.75) is 24.9 Å². The molecule has 2 rings (SSSR count). The molecule has 1 aromatic heterocycles. The molecule has 0 saturated heterocycles. The molecule has 96 valence electrons. The molecule has 1 saturated carbocycles. The van der Waals surface area contributed by atoms with Crippen molar-refractivity contribution in [1.82, 2.24) is 20.6 Å².